The fourth-order valence-electron chi connectivity index (χ4n) is 3.06. The maximum atomic E-state index is 11.5. The van der Waals surface area contributed by atoms with Crippen molar-refractivity contribution < 1.29 is 19.8 Å². The van der Waals surface area contributed by atoms with Gasteiger partial charge in [-0.2, -0.15) is 0 Å². The van der Waals surface area contributed by atoms with Gasteiger partial charge in [0.25, 0.3) is 0 Å². The van der Waals surface area contributed by atoms with Crippen LogP contribution in [0.3, 0.4) is 0 Å². The Bertz CT molecular complexity index is 845. The van der Waals surface area contributed by atoms with Gasteiger partial charge in [0.05, 0.1) is 5.52 Å². The Morgan fingerprint density at radius 1 is 1.08 bits per heavy atom. The first-order chi connectivity index (χ1) is 12.4. The van der Waals surface area contributed by atoms with Crippen molar-refractivity contribution >= 4 is 28.7 Å². The third kappa shape index (κ3) is 3.82. The highest BCUT2D eigenvalue weighted by Gasteiger charge is 2.26. The third-order valence-electron chi connectivity index (χ3n) is 4.17. The van der Waals surface area contributed by atoms with Crippen molar-refractivity contribution in [2.45, 2.75) is 40.0 Å². The summed E-state index contributed by atoms with van der Waals surface area (Å²) in [5, 5.41) is 19.5. The molecule has 0 saturated carbocycles. The molecule has 0 atom stereocenters. The van der Waals surface area contributed by atoms with E-state index in [4.69, 9.17) is 0 Å². The summed E-state index contributed by atoms with van der Waals surface area (Å²) in [6.07, 6.45) is 3.56. The maximum absolute atomic E-state index is 11.5. The van der Waals surface area contributed by atoms with Gasteiger partial charge in [0.15, 0.2) is 5.57 Å². The zero-order valence-electron chi connectivity index (χ0n) is 15.2. The van der Waals surface area contributed by atoms with E-state index in [1.54, 1.807) is 11.8 Å². The fraction of sp³-hybridized carbons (Fsp3) is 0.368. The Morgan fingerprint density at radius 3 is 2.31 bits per heavy atom. The molecule has 0 aliphatic rings. The number of hydrogen-bond acceptors (Lipinski definition) is 5. The van der Waals surface area contributed by atoms with Gasteiger partial charge in [-0.05, 0) is 37.5 Å². The van der Waals surface area contributed by atoms with E-state index in [2.05, 4.69) is 16.9 Å². The lowest BCUT2D eigenvalue weighted by molar-refractivity contribution is -0.140. The first-order valence-corrected chi connectivity index (χ1v) is 8.65. The Hall–Kier alpha value is -2.96. The van der Waals surface area contributed by atoms with Crippen molar-refractivity contribution in [3.8, 4) is 0 Å². The molecule has 1 aromatic heterocycles. The quantitative estimate of drug-likeness (QED) is 0.424. The first-order valence-electron chi connectivity index (χ1n) is 8.65. The summed E-state index contributed by atoms with van der Waals surface area (Å²) in [6.45, 7) is 6.04. The molecular weight excluding hydrogens is 334 g/mol. The number of carboxylic acids is 2. The number of aromatic nitrogens is 2. The summed E-state index contributed by atoms with van der Waals surface area (Å²) in [7, 11) is 0. The molecule has 2 aromatic rings. The number of nitrogens with zero attached hydrogens (tertiary/aromatic N) is 3. The molecule has 0 unspecified atom stereocenters. The van der Waals surface area contributed by atoms with Crippen LogP contribution in [-0.2, 0) is 16.0 Å². The zero-order valence-corrected chi connectivity index (χ0v) is 15.2. The van der Waals surface area contributed by atoms with E-state index in [0.717, 1.165) is 29.3 Å². The molecule has 1 aromatic carbocycles. The minimum atomic E-state index is -1.46. The van der Waals surface area contributed by atoms with Crippen LogP contribution < -0.4 is 4.90 Å². The number of rotatable bonds is 8. The monoisotopic (exact) mass is 357 g/mol. The number of carboxylic acid groups (broad SMARTS) is 2. The molecular formula is C19H23N3O4. The van der Waals surface area contributed by atoms with Crippen molar-refractivity contribution in [3.63, 3.8) is 0 Å². The minimum Gasteiger partial charge on any atom is -0.477 e. The smallest absolute Gasteiger partial charge is 0.344 e. The Kier molecular flexibility index (Phi) is 6.27. The summed E-state index contributed by atoms with van der Waals surface area (Å²) in [4.78, 5) is 33.3. The molecule has 2 rings (SSSR count). The standard InChI is InChI=1S/C19H23N3O4/c1-4-7-12-8-9-14-13(10-12)17(21-11-20-14)22(6-3)15(5-2)16(18(23)24)19(25)26/h8-11H,4-7H2,1-3H3,(H,23,24)(H,25,26). The summed E-state index contributed by atoms with van der Waals surface area (Å²) in [5.41, 5.74) is 1.45. The summed E-state index contributed by atoms with van der Waals surface area (Å²) in [6, 6.07) is 5.91. The molecule has 2 N–H and O–H groups in total. The number of aryl methyl sites for hydroxylation is 1. The molecule has 0 fully saturated rings. The fourth-order valence-corrected chi connectivity index (χ4v) is 3.06. The van der Waals surface area contributed by atoms with Gasteiger partial charge < -0.3 is 15.1 Å². The van der Waals surface area contributed by atoms with Crippen LogP contribution in [0.25, 0.3) is 10.9 Å². The van der Waals surface area contributed by atoms with Crippen LogP contribution in [0.5, 0.6) is 0 Å². The SMILES string of the molecule is CCCc1ccc2ncnc(N(CC)C(CC)=C(C(=O)O)C(=O)O)c2c1. The van der Waals surface area contributed by atoms with E-state index in [1.165, 1.54) is 6.33 Å². The highest BCUT2D eigenvalue weighted by molar-refractivity contribution is 6.13. The Balaban J connectivity index is 2.73. The maximum Gasteiger partial charge on any atom is 0.344 e. The van der Waals surface area contributed by atoms with Crippen LogP contribution in [0.2, 0.25) is 0 Å². The predicted octanol–water partition coefficient (Wildman–Crippen LogP) is 3.24. The lowest BCUT2D eigenvalue weighted by Crippen LogP contribution is -2.28. The third-order valence-corrected chi connectivity index (χ3v) is 4.17. The molecule has 138 valence electrons. The topological polar surface area (TPSA) is 104 Å². The van der Waals surface area contributed by atoms with E-state index in [9.17, 15) is 19.8 Å². The second-order valence-electron chi connectivity index (χ2n) is 5.83. The van der Waals surface area contributed by atoms with Gasteiger partial charge in [-0.15, -0.1) is 0 Å². The molecule has 0 radical (unpaired) electrons. The van der Waals surface area contributed by atoms with E-state index in [-0.39, 0.29) is 12.1 Å². The van der Waals surface area contributed by atoms with E-state index >= 15 is 0 Å². The van der Waals surface area contributed by atoms with Crippen LogP contribution in [0.15, 0.2) is 35.8 Å². The molecule has 7 nitrogen and oxygen atoms in total. The number of hydrogen-bond donors (Lipinski definition) is 2. The predicted molar refractivity (Wildman–Crippen MR) is 99.1 cm³/mol. The average molecular weight is 357 g/mol. The molecule has 0 spiro atoms. The number of carbonyl (C=O) groups is 2. The van der Waals surface area contributed by atoms with Crippen molar-refractivity contribution in [1.82, 2.24) is 9.97 Å². The van der Waals surface area contributed by atoms with Crippen molar-refractivity contribution in [3.05, 3.63) is 41.4 Å². The number of fused-ring (bicyclic) bond motifs is 1. The highest BCUT2D eigenvalue weighted by atomic mass is 16.4. The molecule has 0 aliphatic carbocycles. The van der Waals surface area contributed by atoms with E-state index in [0.29, 0.717) is 12.4 Å². The number of benzene rings is 1. The normalized spacial score (nSPS) is 10.6. The number of aliphatic carboxylic acids is 2. The number of anilines is 1. The lowest BCUT2D eigenvalue weighted by Gasteiger charge is -2.26. The largest absolute Gasteiger partial charge is 0.477 e. The van der Waals surface area contributed by atoms with Gasteiger partial charge >= 0.3 is 11.9 Å². The van der Waals surface area contributed by atoms with Gasteiger partial charge in [-0.3, -0.25) is 0 Å². The Morgan fingerprint density at radius 2 is 1.77 bits per heavy atom. The summed E-state index contributed by atoms with van der Waals surface area (Å²) < 4.78 is 0. The van der Waals surface area contributed by atoms with Crippen LogP contribution in [-0.4, -0.2) is 38.7 Å². The van der Waals surface area contributed by atoms with Gasteiger partial charge in [-0.1, -0.05) is 26.3 Å². The first kappa shape index (κ1) is 19.4. The van der Waals surface area contributed by atoms with Gasteiger partial charge in [-0.25, -0.2) is 19.6 Å². The summed E-state index contributed by atoms with van der Waals surface area (Å²) in [5.74, 6) is -2.40. The van der Waals surface area contributed by atoms with Crippen LogP contribution in [0, 0.1) is 0 Å². The van der Waals surface area contributed by atoms with Crippen molar-refractivity contribution in [2.24, 2.45) is 0 Å². The van der Waals surface area contributed by atoms with Gasteiger partial charge in [0.2, 0.25) is 0 Å². The van der Waals surface area contributed by atoms with E-state index in [1.807, 2.05) is 25.1 Å². The molecule has 7 heteroatoms. The van der Waals surface area contributed by atoms with Gasteiger partial charge in [0.1, 0.15) is 12.1 Å². The minimum absolute atomic E-state index is 0.216. The molecule has 1 heterocycles. The molecule has 0 saturated heterocycles. The van der Waals surface area contributed by atoms with Crippen molar-refractivity contribution in [1.29, 1.82) is 0 Å². The Labute approximate surface area is 152 Å². The highest BCUT2D eigenvalue weighted by Crippen LogP contribution is 2.29. The van der Waals surface area contributed by atoms with Crippen molar-refractivity contribution in [2.75, 3.05) is 11.4 Å². The second-order valence-corrected chi connectivity index (χ2v) is 5.83. The summed E-state index contributed by atoms with van der Waals surface area (Å²) >= 11 is 0. The molecule has 0 bridgehead atoms. The number of allylic oxidation sites excluding steroid dienone is 1. The van der Waals surface area contributed by atoms with Crippen LogP contribution in [0.4, 0.5) is 5.82 Å². The molecule has 26 heavy (non-hydrogen) atoms. The van der Waals surface area contributed by atoms with Crippen LogP contribution >= 0.6 is 0 Å². The zero-order chi connectivity index (χ0) is 19.3. The lowest BCUT2D eigenvalue weighted by atomic mass is 10.1. The molecule has 0 amide bonds. The average Bonchev–Trinajstić information content (AvgIpc) is 2.61. The van der Waals surface area contributed by atoms with E-state index < -0.39 is 17.5 Å². The second kappa shape index (κ2) is 8.42. The van der Waals surface area contributed by atoms with Crippen LogP contribution in [0.1, 0.15) is 39.2 Å². The molecule has 0 aliphatic heterocycles. The van der Waals surface area contributed by atoms with Gasteiger partial charge in [0, 0.05) is 17.6 Å².